The van der Waals surface area contributed by atoms with E-state index in [1.165, 1.54) is 0 Å². The third-order valence-corrected chi connectivity index (χ3v) is 5.87. The Morgan fingerprint density at radius 3 is 2.70 bits per heavy atom. The highest BCUT2D eigenvalue weighted by atomic mass is 79.9. The summed E-state index contributed by atoms with van der Waals surface area (Å²) in [7, 11) is -3.48. The summed E-state index contributed by atoms with van der Waals surface area (Å²) in [6.45, 7) is 5.88. The molecule has 7 heteroatoms. The smallest absolute Gasteiger partial charge is 0.246 e. The van der Waals surface area contributed by atoms with Crippen molar-refractivity contribution in [2.24, 2.45) is 5.92 Å². The predicted octanol–water partition coefficient (Wildman–Crippen LogP) is 2.70. The summed E-state index contributed by atoms with van der Waals surface area (Å²) in [6, 6.07) is 1.62. The Kier molecular flexibility index (Phi) is 5.04. The van der Waals surface area contributed by atoms with Crippen LogP contribution in [-0.4, -0.2) is 37.3 Å². The van der Waals surface area contributed by atoms with Gasteiger partial charge >= 0.3 is 0 Å². The van der Waals surface area contributed by atoms with Gasteiger partial charge in [-0.3, -0.25) is 0 Å². The zero-order valence-electron chi connectivity index (χ0n) is 11.8. The van der Waals surface area contributed by atoms with Crippen molar-refractivity contribution in [3.63, 3.8) is 0 Å². The molecule has 2 heterocycles. The molecule has 0 radical (unpaired) electrons. The van der Waals surface area contributed by atoms with Gasteiger partial charge in [-0.05, 0) is 47.7 Å². The van der Waals surface area contributed by atoms with Gasteiger partial charge < -0.3 is 5.32 Å². The Balaban J connectivity index is 2.35. The summed E-state index contributed by atoms with van der Waals surface area (Å²) >= 11 is 3.30. The number of pyridine rings is 1. The van der Waals surface area contributed by atoms with Crippen molar-refractivity contribution >= 4 is 31.8 Å². The van der Waals surface area contributed by atoms with Crippen molar-refractivity contribution in [3.8, 4) is 0 Å². The fourth-order valence-electron chi connectivity index (χ4n) is 2.28. The molecule has 0 unspecified atom stereocenters. The largest absolute Gasteiger partial charge is 0.369 e. The minimum atomic E-state index is -3.48. The number of halogens is 1. The molecule has 0 atom stereocenters. The van der Waals surface area contributed by atoms with Crippen LogP contribution in [0.15, 0.2) is 21.6 Å². The normalized spacial score (nSPS) is 18.1. The van der Waals surface area contributed by atoms with Gasteiger partial charge in [-0.15, -0.1) is 0 Å². The van der Waals surface area contributed by atoms with Crippen LogP contribution >= 0.6 is 15.9 Å². The van der Waals surface area contributed by atoms with Gasteiger partial charge in [-0.25, -0.2) is 13.4 Å². The Morgan fingerprint density at radius 2 is 2.10 bits per heavy atom. The van der Waals surface area contributed by atoms with Gasteiger partial charge in [-0.1, -0.05) is 6.92 Å². The first-order valence-electron chi connectivity index (χ1n) is 6.84. The lowest BCUT2D eigenvalue weighted by Crippen LogP contribution is -2.38. The van der Waals surface area contributed by atoms with Crippen molar-refractivity contribution in [1.29, 1.82) is 0 Å². The van der Waals surface area contributed by atoms with E-state index in [-0.39, 0.29) is 4.90 Å². The average molecular weight is 362 g/mol. The van der Waals surface area contributed by atoms with E-state index < -0.39 is 10.0 Å². The first kappa shape index (κ1) is 15.7. The highest BCUT2D eigenvalue weighted by Gasteiger charge is 2.30. The Morgan fingerprint density at radius 1 is 1.45 bits per heavy atom. The van der Waals surface area contributed by atoms with Gasteiger partial charge in [0.1, 0.15) is 10.7 Å². The van der Waals surface area contributed by atoms with E-state index in [0.717, 1.165) is 12.8 Å². The molecule has 1 aromatic rings. The van der Waals surface area contributed by atoms with Crippen LogP contribution in [0.2, 0.25) is 0 Å². The number of rotatable bonds is 4. The third-order valence-electron chi connectivity index (χ3n) is 3.52. The van der Waals surface area contributed by atoms with E-state index in [2.05, 4.69) is 33.2 Å². The molecule has 5 nitrogen and oxygen atoms in total. The molecular formula is C13H20BrN3O2S. The van der Waals surface area contributed by atoms with Crippen molar-refractivity contribution < 1.29 is 8.42 Å². The topological polar surface area (TPSA) is 62.3 Å². The van der Waals surface area contributed by atoms with E-state index in [4.69, 9.17) is 0 Å². The summed E-state index contributed by atoms with van der Waals surface area (Å²) in [5, 5.41) is 3.02. The maximum atomic E-state index is 12.8. The number of piperidine rings is 1. The van der Waals surface area contributed by atoms with Crippen LogP contribution < -0.4 is 5.32 Å². The second-order valence-electron chi connectivity index (χ2n) is 5.12. The fourth-order valence-corrected chi connectivity index (χ4v) is 4.38. The van der Waals surface area contributed by atoms with Crippen molar-refractivity contribution in [2.75, 3.05) is 25.0 Å². The van der Waals surface area contributed by atoms with Crippen molar-refractivity contribution in [2.45, 2.75) is 31.6 Å². The van der Waals surface area contributed by atoms with Crippen molar-refractivity contribution in [3.05, 3.63) is 16.7 Å². The number of nitrogens with zero attached hydrogens (tertiary/aromatic N) is 2. The molecule has 0 aromatic carbocycles. The number of nitrogens with one attached hydrogen (secondary N) is 1. The lowest BCUT2D eigenvalue weighted by atomic mass is 10.0. The maximum absolute atomic E-state index is 12.8. The van der Waals surface area contributed by atoms with Gasteiger partial charge in [0, 0.05) is 30.3 Å². The zero-order valence-corrected chi connectivity index (χ0v) is 14.2. The quantitative estimate of drug-likeness (QED) is 0.895. The average Bonchev–Trinajstić information content (AvgIpc) is 2.41. The maximum Gasteiger partial charge on any atom is 0.246 e. The van der Waals surface area contributed by atoms with E-state index in [1.807, 2.05) is 6.92 Å². The second kappa shape index (κ2) is 6.41. The molecule has 20 heavy (non-hydrogen) atoms. The molecule has 1 aromatic heterocycles. The number of anilines is 1. The highest BCUT2D eigenvalue weighted by Crippen LogP contribution is 2.28. The Bertz CT molecular complexity index is 569. The van der Waals surface area contributed by atoms with Gasteiger partial charge in [0.05, 0.1) is 0 Å². The first-order valence-corrected chi connectivity index (χ1v) is 9.08. The summed E-state index contributed by atoms with van der Waals surface area (Å²) in [5.41, 5.74) is 0. The molecule has 0 bridgehead atoms. The van der Waals surface area contributed by atoms with Crippen LogP contribution in [0.5, 0.6) is 0 Å². The minimum absolute atomic E-state index is 0.253. The van der Waals surface area contributed by atoms with Crippen LogP contribution in [0.3, 0.4) is 0 Å². The molecule has 0 saturated carbocycles. The van der Waals surface area contributed by atoms with E-state index in [9.17, 15) is 8.42 Å². The number of sulfonamides is 1. The first-order chi connectivity index (χ1) is 9.45. The molecule has 112 valence electrons. The van der Waals surface area contributed by atoms with E-state index in [0.29, 0.717) is 35.8 Å². The second-order valence-corrected chi connectivity index (χ2v) is 7.94. The Hall–Kier alpha value is -0.660. The van der Waals surface area contributed by atoms with Gasteiger partial charge in [0.25, 0.3) is 0 Å². The van der Waals surface area contributed by atoms with Gasteiger partial charge in [-0.2, -0.15) is 4.31 Å². The lowest BCUT2D eigenvalue weighted by Gasteiger charge is -2.29. The summed E-state index contributed by atoms with van der Waals surface area (Å²) < 4.78 is 27.8. The molecule has 2 rings (SSSR count). The van der Waals surface area contributed by atoms with Gasteiger partial charge in [0.15, 0.2) is 0 Å². The molecule has 1 saturated heterocycles. The molecule has 0 spiro atoms. The minimum Gasteiger partial charge on any atom is -0.369 e. The summed E-state index contributed by atoms with van der Waals surface area (Å²) in [6.07, 6.45) is 3.43. The molecular weight excluding hydrogens is 342 g/mol. The van der Waals surface area contributed by atoms with Gasteiger partial charge in [0.2, 0.25) is 10.0 Å². The fraction of sp³-hybridized carbons (Fsp3) is 0.615. The van der Waals surface area contributed by atoms with Crippen molar-refractivity contribution in [1.82, 2.24) is 9.29 Å². The Labute approximate surface area is 129 Å². The molecule has 1 N–H and O–H groups in total. The molecule has 1 fully saturated rings. The zero-order chi connectivity index (χ0) is 14.8. The third kappa shape index (κ3) is 3.32. The number of hydrogen-bond donors (Lipinski definition) is 1. The SMILES string of the molecule is CCNc1ncc(Br)cc1S(=O)(=O)N1CCC(C)CC1. The van der Waals surface area contributed by atoms with Crippen LogP contribution in [0.1, 0.15) is 26.7 Å². The van der Waals surface area contributed by atoms with Crippen LogP contribution in [0, 0.1) is 5.92 Å². The lowest BCUT2D eigenvalue weighted by molar-refractivity contribution is 0.288. The molecule has 1 aliphatic rings. The monoisotopic (exact) mass is 361 g/mol. The van der Waals surface area contributed by atoms with E-state index >= 15 is 0 Å². The number of hydrogen-bond acceptors (Lipinski definition) is 4. The van der Waals surface area contributed by atoms with Crippen LogP contribution in [-0.2, 0) is 10.0 Å². The molecule has 1 aliphatic heterocycles. The summed E-state index contributed by atoms with van der Waals surface area (Å²) in [5.74, 6) is 1.02. The van der Waals surface area contributed by atoms with Crippen LogP contribution in [0.4, 0.5) is 5.82 Å². The summed E-state index contributed by atoms with van der Waals surface area (Å²) in [4.78, 5) is 4.43. The highest BCUT2D eigenvalue weighted by molar-refractivity contribution is 9.10. The molecule has 0 amide bonds. The van der Waals surface area contributed by atoms with Crippen LogP contribution in [0.25, 0.3) is 0 Å². The number of aromatic nitrogens is 1. The molecule has 0 aliphatic carbocycles. The van der Waals surface area contributed by atoms with E-state index in [1.54, 1.807) is 16.6 Å². The standard InChI is InChI=1S/C13H20BrN3O2S/c1-3-15-13-12(8-11(14)9-16-13)20(18,19)17-6-4-10(2)5-7-17/h8-10H,3-7H2,1-2H3,(H,15,16). The predicted molar refractivity (Wildman–Crippen MR) is 83.3 cm³/mol.